The molecule has 0 saturated carbocycles. The van der Waals surface area contributed by atoms with Crippen molar-refractivity contribution in [3.63, 3.8) is 0 Å². The molecular formula is C13H14N2O2. The molecule has 0 aliphatic rings. The van der Waals surface area contributed by atoms with Crippen molar-refractivity contribution in [1.82, 2.24) is 9.78 Å². The van der Waals surface area contributed by atoms with E-state index in [0.717, 1.165) is 16.8 Å². The number of carboxylic acid groups (broad SMARTS) is 1. The van der Waals surface area contributed by atoms with Crippen molar-refractivity contribution >= 4 is 5.97 Å². The van der Waals surface area contributed by atoms with Crippen LogP contribution in [0.2, 0.25) is 0 Å². The minimum absolute atomic E-state index is 0.243. The summed E-state index contributed by atoms with van der Waals surface area (Å²) < 4.78 is 1.69. The number of aryl methyl sites for hydroxylation is 2. The summed E-state index contributed by atoms with van der Waals surface area (Å²) in [4.78, 5) is 11.0. The highest BCUT2D eigenvalue weighted by atomic mass is 16.4. The first-order chi connectivity index (χ1) is 8.02. The zero-order chi connectivity index (χ0) is 12.6. The van der Waals surface area contributed by atoms with Gasteiger partial charge in [-0.15, -0.1) is 0 Å². The van der Waals surface area contributed by atoms with E-state index in [9.17, 15) is 4.79 Å². The van der Waals surface area contributed by atoms with Crippen LogP contribution in [-0.2, 0) is 0 Å². The Morgan fingerprint density at radius 3 is 2.29 bits per heavy atom. The summed E-state index contributed by atoms with van der Waals surface area (Å²) >= 11 is 0. The van der Waals surface area contributed by atoms with E-state index in [1.54, 1.807) is 11.6 Å². The number of hydrogen-bond donors (Lipinski definition) is 1. The zero-order valence-corrected chi connectivity index (χ0v) is 10.1. The molecule has 0 aliphatic heterocycles. The molecule has 0 saturated heterocycles. The number of para-hydroxylation sites is 1. The molecule has 0 unspecified atom stereocenters. The molecule has 1 heterocycles. The number of carboxylic acids is 1. The maximum absolute atomic E-state index is 11.0. The molecule has 1 aromatic heterocycles. The highest BCUT2D eigenvalue weighted by molar-refractivity contribution is 5.88. The van der Waals surface area contributed by atoms with Crippen molar-refractivity contribution in [2.45, 2.75) is 20.8 Å². The fourth-order valence-corrected chi connectivity index (χ4v) is 1.98. The van der Waals surface area contributed by atoms with Gasteiger partial charge in [-0.3, -0.25) is 0 Å². The Labute approximate surface area is 99.5 Å². The van der Waals surface area contributed by atoms with Crippen LogP contribution in [0.15, 0.2) is 24.4 Å². The second kappa shape index (κ2) is 4.05. The smallest absolute Gasteiger partial charge is 0.339 e. The number of carbonyl (C=O) groups is 1. The maximum Gasteiger partial charge on any atom is 0.339 e. The molecule has 88 valence electrons. The highest BCUT2D eigenvalue weighted by Crippen LogP contribution is 2.21. The summed E-state index contributed by atoms with van der Waals surface area (Å²) in [5.41, 5.74) is 4.00. The van der Waals surface area contributed by atoms with Crippen LogP contribution in [0, 0.1) is 20.8 Å². The maximum atomic E-state index is 11.0. The third-order valence-corrected chi connectivity index (χ3v) is 2.89. The van der Waals surface area contributed by atoms with Crippen molar-refractivity contribution in [2.24, 2.45) is 0 Å². The normalized spacial score (nSPS) is 10.5. The fourth-order valence-electron chi connectivity index (χ4n) is 1.98. The lowest BCUT2D eigenvalue weighted by Gasteiger charge is -2.11. The molecule has 1 N–H and O–H groups in total. The van der Waals surface area contributed by atoms with Crippen LogP contribution in [0.4, 0.5) is 0 Å². The Morgan fingerprint density at radius 1 is 1.24 bits per heavy atom. The summed E-state index contributed by atoms with van der Waals surface area (Å²) in [7, 11) is 0. The number of rotatable bonds is 2. The SMILES string of the molecule is Cc1cccc(C)c1-n1ncc(C(=O)O)c1C. The van der Waals surface area contributed by atoms with Gasteiger partial charge in [0, 0.05) is 0 Å². The molecule has 1 aromatic carbocycles. The molecule has 0 fully saturated rings. The quantitative estimate of drug-likeness (QED) is 0.862. The van der Waals surface area contributed by atoms with E-state index in [0.29, 0.717) is 5.69 Å². The van der Waals surface area contributed by atoms with Gasteiger partial charge < -0.3 is 5.11 Å². The van der Waals surface area contributed by atoms with Gasteiger partial charge in [0.05, 0.1) is 17.6 Å². The summed E-state index contributed by atoms with van der Waals surface area (Å²) in [5.74, 6) is -0.944. The Balaban J connectivity index is 2.66. The van der Waals surface area contributed by atoms with Crippen LogP contribution in [0.5, 0.6) is 0 Å². The number of aromatic nitrogens is 2. The van der Waals surface area contributed by atoms with Gasteiger partial charge in [0.25, 0.3) is 0 Å². The molecule has 4 nitrogen and oxygen atoms in total. The first-order valence-electron chi connectivity index (χ1n) is 5.37. The number of nitrogens with zero attached hydrogens (tertiary/aromatic N) is 2. The molecule has 2 rings (SSSR count). The van der Waals surface area contributed by atoms with Crippen LogP contribution in [0.1, 0.15) is 27.2 Å². The van der Waals surface area contributed by atoms with Crippen LogP contribution in [0.25, 0.3) is 5.69 Å². The van der Waals surface area contributed by atoms with Crippen LogP contribution in [-0.4, -0.2) is 20.9 Å². The van der Waals surface area contributed by atoms with Gasteiger partial charge >= 0.3 is 5.97 Å². The minimum Gasteiger partial charge on any atom is -0.478 e. The molecule has 0 amide bonds. The van der Waals surface area contributed by atoms with Crippen molar-refractivity contribution in [1.29, 1.82) is 0 Å². The lowest BCUT2D eigenvalue weighted by atomic mass is 10.1. The molecule has 2 aromatic rings. The monoisotopic (exact) mass is 230 g/mol. The first kappa shape index (κ1) is 11.4. The van der Waals surface area contributed by atoms with Crippen molar-refractivity contribution in [3.05, 3.63) is 46.8 Å². The van der Waals surface area contributed by atoms with Gasteiger partial charge in [0.1, 0.15) is 5.56 Å². The molecule has 0 aliphatic carbocycles. The van der Waals surface area contributed by atoms with E-state index in [1.807, 2.05) is 32.0 Å². The number of hydrogen-bond acceptors (Lipinski definition) is 2. The lowest BCUT2D eigenvalue weighted by Crippen LogP contribution is -2.05. The standard InChI is InChI=1S/C13H14N2O2/c1-8-5-4-6-9(2)12(8)15-10(3)11(7-14-15)13(16)17/h4-7H,1-3H3,(H,16,17). The summed E-state index contributed by atoms with van der Waals surface area (Å²) in [5, 5.41) is 13.2. The Kier molecular flexibility index (Phi) is 2.71. The fraction of sp³-hybridized carbons (Fsp3) is 0.231. The topological polar surface area (TPSA) is 55.1 Å². The summed E-state index contributed by atoms with van der Waals surface area (Å²) in [6.07, 6.45) is 1.39. The number of aromatic carboxylic acids is 1. The third-order valence-electron chi connectivity index (χ3n) is 2.89. The molecule has 17 heavy (non-hydrogen) atoms. The van der Waals surface area contributed by atoms with E-state index < -0.39 is 5.97 Å². The van der Waals surface area contributed by atoms with Gasteiger partial charge in [-0.2, -0.15) is 5.10 Å². The molecule has 0 atom stereocenters. The van der Waals surface area contributed by atoms with Gasteiger partial charge in [0.15, 0.2) is 0 Å². The predicted molar refractivity (Wildman–Crippen MR) is 64.7 cm³/mol. The van der Waals surface area contributed by atoms with E-state index in [2.05, 4.69) is 5.10 Å². The first-order valence-corrected chi connectivity index (χ1v) is 5.37. The second-order valence-corrected chi connectivity index (χ2v) is 4.10. The van der Waals surface area contributed by atoms with Crippen molar-refractivity contribution in [2.75, 3.05) is 0 Å². The molecule has 0 spiro atoms. The van der Waals surface area contributed by atoms with Crippen LogP contribution >= 0.6 is 0 Å². The molecule has 4 heteroatoms. The van der Waals surface area contributed by atoms with E-state index >= 15 is 0 Å². The van der Waals surface area contributed by atoms with E-state index in [4.69, 9.17) is 5.11 Å². The van der Waals surface area contributed by atoms with E-state index in [1.165, 1.54) is 6.20 Å². The highest BCUT2D eigenvalue weighted by Gasteiger charge is 2.15. The zero-order valence-electron chi connectivity index (χ0n) is 10.1. The van der Waals surface area contributed by atoms with Crippen LogP contribution in [0.3, 0.4) is 0 Å². The largest absolute Gasteiger partial charge is 0.478 e. The lowest BCUT2D eigenvalue weighted by molar-refractivity contribution is 0.0696. The van der Waals surface area contributed by atoms with Gasteiger partial charge in [-0.1, -0.05) is 18.2 Å². The molecule has 0 bridgehead atoms. The minimum atomic E-state index is -0.944. The second-order valence-electron chi connectivity index (χ2n) is 4.10. The van der Waals surface area contributed by atoms with Crippen molar-refractivity contribution in [3.8, 4) is 5.69 Å². The Hall–Kier alpha value is -2.10. The van der Waals surface area contributed by atoms with Gasteiger partial charge in [-0.25, -0.2) is 9.48 Å². The van der Waals surface area contributed by atoms with E-state index in [-0.39, 0.29) is 5.56 Å². The summed E-state index contributed by atoms with van der Waals surface area (Å²) in [6.45, 7) is 5.75. The third kappa shape index (κ3) is 1.82. The Morgan fingerprint density at radius 2 is 1.82 bits per heavy atom. The Bertz CT molecular complexity index is 565. The number of benzene rings is 1. The summed E-state index contributed by atoms with van der Waals surface area (Å²) in [6, 6.07) is 5.96. The molecule has 0 radical (unpaired) electrons. The average molecular weight is 230 g/mol. The van der Waals surface area contributed by atoms with Crippen LogP contribution < -0.4 is 0 Å². The predicted octanol–water partition coefficient (Wildman–Crippen LogP) is 2.50. The van der Waals surface area contributed by atoms with Crippen molar-refractivity contribution < 1.29 is 9.90 Å². The molecular weight excluding hydrogens is 216 g/mol. The van der Waals surface area contributed by atoms with Gasteiger partial charge in [-0.05, 0) is 31.9 Å². The average Bonchev–Trinajstić information content (AvgIpc) is 2.61. The van der Waals surface area contributed by atoms with Gasteiger partial charge in [0.2, 0.25) is 0 Å².